The van der Waals surface area contributed by atoms with Crippen LogP contribution in [0.15, 0.2) is 81.3 Å². The molecule has 0 amide bonds. The second kappa shape index (κ2) is 8.52. The maximum absolute atomic E-state index is 8.22. The van der Waals surface area contributed by atoms with Crippen LogP contribution in [0.1, 0.15) is 43.4 Å². The minimum absolute atomic E-state index is 0.0241. The second-order valence-electron chi connectivity index (χ2n) is 10.3. The molecular weight excluding hydrogens is 587 g/mol. The SMILES string of the molecule is CC1=Cc2c(-c3ncco3)cccc2[CH]1[Zr]([Cl])([Cl])([CH]1C(C)=Cc2c(-c3ncco3)cccc21)[SiH](C)C. The molecule has 0 N–H and O–H groups in total. The van der Waals surface area contributed by atoms with Gasteiger partial charge >= 0.3 is 221 Å². The van der Waals surface area contributed by atoms with E-state index < -0.39 is 21.5 Å². The molecule has 36 heavy (non-hydrogen) atoms. The summed E-state index contributed by atoms with van der Waals surface area (Å²) in [5.74, 6) is -0.349. The molecule has 0 bridgehead atoms. The van der Waals surface area contributed by atoms with Gasteiger partial charge in [0.15, 0.2) is 0 Å². The van der Waals surface area contributed by atoms with Crippen molar-refractivity contribution < 1.29 is 24.4 Å². The van der Waals surface area contributed by atoms with Crippen molar-refractivity contribution in [1.29, 1.82) is 0 Å². The molecule has 0 aliphatic heterocycles. The van der Waals surface area contributed by atoms with E-state index in [2.05, 4.69) is 85.5 Å². The summed E-state index contributed by atoms with van der Waals surface area (Å²) in [7, 11) is 16.4. The van der Waals surface area contributed by atoms with E-state index in [1.165, 1.54) is 22.3 Å². The molecule has 0 fully saturated rings. The van der Waals surface area contributed by atoms with E-state index in [-0.39, 0.29) is 7.25 Å². The van der Waals surface area contributed by atoms with Crippen molar-refractivity contribution in [2.24, 2.45) is 0 Å². The Morgan fingerprint density at radius 2 is 1.19 bits per heavy atom. The predicted molar refractivity (Wildman–Crippen MR) is 147 cm³/mol. The molecule has 2 aromatic carbocycles. The Balaban J connectivity index is 1.57. The topological polar surface area (TPSA) is 52.1 Å². The summed E-state index contributed by atoms with van der Waals surface area (Å²) >= 11 is -4.69. The third-order valence-electron chi connectivity index (χ3n) is 8.09. The third-order valence-corrected chi connectivity index (χ3v) is 60.4. The number of fused-ring (bicyclic) bond motifs is 2. The molecule has 2 unspecified atom stereocenters. The van der Waals surface area contributed by atoms with E-state index in [0.29, 0.717) is 11.8 Å². The fourth-order valence-electron chi connectivity index (χ4n) is 6.49. The first kappa shape index (κ1) is 24.4. The zero-order valence-electron chi connectivity index (χ0n) is 20.6. The Bertz CT molecular complexity index is 1430. The van der Waals surface area contributed by atoms with Gasteiger partial charge in [0.05, 0.1) is 0 Å². The molecule has 0 saturated heterocycles. The van der Waals surface area contributed by atoms with E-state index in [1.807, 2.05) is 0 Å². The standard InChI is InChI=1S/2C13H10NO.C2H7Si.2ClH.Zr/c2*1-9-7-10-3-2-4-11(12(10)8-9)13-14-5-6-15-13;1-3-2;;;/h2*2-8H,1H3;3H,1-2H3;2*1H;/q;;;;;+2/p-2. The number of allylic oxidation sites excluding steroid dienone is 2. The van der Waals surface area contributed by atoms with Crippen molar-refractivity contribution in [3.63, 3.8) is 0 Å². The number of benzene rings is 2. The van der Waals surface area contributed by atoms with Gasteiger partial charge < -0.3 is 0 Å². The van der Waals surface area contributed by atoms with Crippen LogP contribution in [0.5, 0.6) is 0 Å². The zero-order chi connectivity index (χ0) is 25.3. The van der Waals surface area contributed by atoms with Crippen LogP contribution in [-0.4, -0.2) is 15.9 Å². The van der Waals surface area contributed by atoms with Gasteiger partial charge in [-0.3, -0.25) is 0 Å². The average molecular weight is 614 g/mol. The maximum atomic E-state index is 8.22. The number of halogens is 2. The molecular formula is C28H27Cl2N2O2SiZr. The molecule has 183 valence electrons. The van der Waals surface area contributed by atoms with Gasteiger partial charge in [0, 0.05) is 0 Å². The van der Waals surface area contributed by atoms with Crippen LogP contribution in [0.3, 0.4) is 0 Å². The van der Waals surface area contributed by atoms with Gasteiger partial charge in [0.2, 0.25) is 0 Å². The summed E-state index contributed by atoms with van der Waals surface area (Å²) in [6.45, 7) is 9.07. The van der Waals surface area contributed by atoms with Crippen molar-refractivity contribution in [2.45, 2.75) is 34.2 Å². The molecule has 8 heteroatoms. The summed E-state index contributed by atoms with van der Waals surface area (Å²) < 4.78 is 11.4. The molecule has 0 radical (unpaired) electrons. The van der Waals surface area contributed by atoms with Gasteiger partial charge in [-0.05, 0) is 0 Å². The quantitative estimate of drug-likeness (QED) is 0.212. The van der Waals surface area contributed by atoms with Crippen molar-refractivity contribution in [3.8, 4) is 22.9 Å². The van der Waals surface area contributed by atoms with E-state index in [9.17, 15) is 0 Å². The van der Waals surface area contributed by atoms with Crippen molar-refractivity contribution in [1.82, 2.24) is 9.97 Å². The van der Waals surface area contributed by atoms with Gasteiger partial charge in [0.1, 0.15) is 0 Å². The van der Waals surface area contributed by atoms with Crippen LogP contribution in [0.25, 0.3) is 35.1 Å². The number of aromatic nitrogens is 2. The van der Waals surface area contributed by atoms with E-state index in [0.717, 1.165) is 22.3 Å². The summed E-state index contributed by atoms with van der Waals surface area (Å²) in [4.78, 5) is 8.84. The van der Waals surface area contributed by atoms with Crippen LogP contribution in [0.2, 0.25) is 13.1 Å². The van der Waals surface area contributed by atoms with Gasteiger partial charge in [-0.1, -0.05) is 0 Å². The summed E-state index contributed by atoms with van der Waals surface area (Å²) in [5, 5.41) is 0. The first-order chi connectivity index (χ1) is 17.2. The molecule has 2 aliphatic carbocycles. The Morgan fingerprint density at radius 1 is 0.750 bits per heavy atom. The Hall–Kier alpha value is -1.98. The molecule has 2 aromatic heterocycles. The first-order valence-corrected chi connectivity index (χ1v) is 28.5. The summed E-state index contributed by atoms with van der Waals surface area (Å²) in [6.07, 6.45) is 11.1. The molecule has 4 aromatic rings. The summed E-state index contributed by atoms with van der Waals surface area (Å²) in [6, 6.07) is 12.7. The number of rotatable bonds is 5. The van der Waals surface area contributed by atoms with Gasteiger partial charge in [-0.25, -0.2) is 0 Å². The van der Waals surface area contributed by atoms with Crippen LogP contribution >= 0.6 is 17.0 Å². The molecule has 2 atom stereocenters. The molecule has 0 spiro atoms. The van der Waals surface area contributed by atoms with Crippen molar-refractivity contribution in [3.05, 3.63) is 94.7 Å². The van der Waals surface area contributed by atoms with Gasteiger partial charge in [-0.2, -0.15) is 0 Å². The normalized spacial score (nSPS) is 20.0. The Labute approximate surface area is 219 Å². The summed E-state index contributed by atoms with van der Waals surface area (Å²) in [5.41, 5.74) is 9.15. The van der Waals surface area contributed by atoms with Crippen molar-refractivity contribution >= 4 is 35.1 Å². The van der Waals surface area contributed by atoms with E-state index in [4.69, 9.17) is 25.9 Å². The van der Waals surface area contributed by atoms with Crippen LogP contribution in [-0.2, 0) is 15.6 Å². The van der Waals surface area contributed by atoms with Crippen LogP contribution in [0, 0.1) is 0 Å². The van der Waals surface area contributed by atoms with Gasteiger partial charge in [-0.15, -0.1) is 0 Å². The molecule has 6 rings (SSSR count). The minimum atomic E-state index is -4.69. The number of hydrogen-bond donors (Lipinski definition) is 0. The second-order valence-corrected chi connectivity index (χ2v) is 52.8. The van der Waals surface area contributed by atoms with Gasteiger partial charge in [0.25, 0.3) is 0 Å². The number of hydrogen-bond acceptors (Lipinski definition) is 4. The number of oxazole rings is 2. The fourth-order valence-corrected chi connectivity index (χ4v) is 39.4. The third kappa shape index (κ3) is 3.34. The van der Waals surface area contributed by atoms with Crippen LogP contribution < -0.4 is 0 Å². The number of nitrogens with zero attached hydrogens (tertiary/aromatic N) is 2. The van der Waals surface area contributed by atoms with E-state index >= 15 is 0 Å². The average Bonchev–Trinajstić information content (AvgIpc) is 3.63. The zero-order valence-corrected chi connectivity index (χ0v) is 25.8. The Kier molecular flexibility index (Phi) is 5.77. The van der Waals surface area contributed by atoms with E-state index in [1.54, 1.807) is 24.9 Å². The van der Waals surface area contributed by atoms with Crippen LogP contribution in [0.4, 0.5) is 0 Å². The molecule has 2 aliphatic rings. The first-order valence-electron chi connectivity index (χ1n) is 12.2. The fraction of sp³-hybridized carbons (Fsp3) is 0.214. The monoisotopic (exact) mass is 611 g/mol. The Morgan fingerprint density at radius 3 is 1.56 bits per heavy atom. The predicted octanol–water partition coefficient (Wildman–Crippen LogP) is 8.59. The molecule has 2 heterocycles. The molecule has 4 nitrogen and oxygen atoms in total. The molecule has 0 saturated carbocycles. The van der Waals surface area contributed by atoms with Crippen molar-refractivity contribution in [2.75, 3.05) is 0 Å².